The van der Waals surface area contributed by atoms with Crippen LogP contribution in [0.25, 0.3) is 0 Å². The van der Waals surface area contributed by atoms with Crippen molar-refractivity contribution in [1.29, 1.82) is 0 Å². The second kappa shape index (κ2) is 8.37. The molecule has 0 aromatic rings. The Bertz CT molecular complexity index is 221. The number of hydrogen-bond acceptors (Lipinski definition) is 6. The molecular formula is C10H20O7. The maximum atomic E-state index is 11.0. The van der Waals surface area contributed by atoms with Crippen molar-refractivity contribution in [2.45, 2.75) is 38.3 Å². The van der Waals surface area contributed by atoms with Crippen LogP contribution in [-0.2, 0) is 14.3 Å². The number of hydrogen-bond donors (Lipinski definition) is 4. The summed E-state index contributed by atoms with van der Waals surface area (Å²) in [5, 5.41) is 36.6. The number of aliphatic hydroxyl groups excluding tert-OH is 3. The Morgan fingerprint density at radius 3 is 2.06 bits per heavy atom. The van der Waals surface area contributed by atoms with Crippen molar-refractivity contribution in [3.63, 3.8) is 0 Å². The average Bonchev–Trinajstić information content (AvgIpc) is 2.31. The lowest BCUT2D eigenvalue weighted by molar-refractivity contribution is -0.180. The van der Waals surface area contributed by atoms with E-state index in [1.165, 1.54) is 0 Å². The second-order valence-electron chi connectivity index (χ2n) is 3.37. The Hall–Kier alpha value is -0.730. The Kier molecular flexibility index (Phi) is 8.01. The SMILES string of the molecule is CCO[C@@H]([C@H](O)[C@H](O)CO)[C@@H](OCC)C(=O)O. The normalized spacial score (nSPS) is 18.4. The summed E-state index contributed by atoms with van der Waals surface area (Å²) in [6.07, 6.45) is -5.64. The maximum Gasteiger partial charge on any atom is 0.335 e. The Morgan fingerprint density at radius 2 is 1.71 bits per heavy atom. The van der Waals surface area contributed by atoms with Crippen LogP contribution in [0.5, 0.6) is 0 Å². The highest BCUT2D eigenvalue weighted by Crippen LogP contribution is 2.13. The van der Waals surface area contributed by atoms with Crippen LogP contribution < -0.4 is 0 Å². The van der Waals surface area contributed by atoms with E-state index in [0.29, 0.717) is 0 Å². The largest absolute Gasteiger partial charge is 0.479 e. The van der Waals surface area contributed by atoms with Crippen molar-refractivity contribution < 1.29 is 34.7 Å². The van der Waals surface area contributed by atoms with Crippen LogP contribution in [-0.4, -0.2) is 70.6 Å². The minimum absolute atomic E-state index is 0.127. The van der Waals surface area contributed by atoms with E-state index in [1.807, 2.05) is 0 Å². The molecule has 0 aromatic carbocycles. The number of ether oxygens (including phenoxy) is 2. The van der Waals surface area contributed by atoms with E-state index < -0.39 is 37.0 Å². The highest BCUT2D eigenvalue weighted by Gasteiger charge is 2.38. The Balaban J connectivity index is 4.82. The van der Waals surface area contributed by atoms with Gasteiger partial charge >= 0.3 is 5.97 Å². The first-order valence-electron chi connectivity index (χ1n) is 5.42. The van der Waals surface area contributed by atoms with E-state index in [1.54, 1.807) is 13.8 Å². The highest BCUT2D eigenvalue weighted by molar-refractivity contribution is 5.73. The van der Waals surface area contributed by atoms with Gasteiger partial charge in [0.2, 0.25) is 0 Å². The van der Waals surface area contributed by atoms with E-state index >= 15 is 0 Å². The predicted octanol–water partition coefficient (Wildman–Crippen LogP) is -1.40. The summed E-state index contributed by atoms with van der Waals surface area (Å²) in [5.41, 5.74) is 0. The molecule has 0 bridgehead atoms. The van der Waals surface area contributed by atoms with Gasteiger partial charge in [0, 0.05) is 13.2 Å². The zero-order valence-corrected chi connectivity index (χ0v) is 9.94. The molecule has 7 nitrogen and oxygen atoms in total. The molecule has 0 aliphatic heterocycles. The molecule has 0 spiro atoms. The van der Waals surface area contributed by atoms with Crippen LogP contribution in [0, 0.1) is 0 Å². The van der Waals surface area contributed by atoms with Crippen LogP contribution in [0.3, 0.4) is 0 Å². The van der Waals surface area contributed by atoms with E-state index in [2.05, 4.69) is 0 Å². The van der Waals surface area contributed by atoms with Gasteiger partial charge in [0.05, 0.1) is 6.61 Å². The molecule has 0 aliphatic rings. The van der Waals surface area contributed by atoms with Gasteiger partial charge in [0.15, 0.2) is 6.10 Å². The lowest BCUT2D eigenvalue weighted by atomic mass is 10.0. The number of carbonyl (C=O) groups is 1. The van der Waals surface area contributed by atoms with Crippen molar-refractivity contribution in [3.05, 3.63) is 0 Å². The van der Waals surface area contributed by atoms with E-state index in [4.69, 9.17) is 19.7 Å². The van der Waals surface area contributed by atoms with Gasteiger partial charge in [-0.2, -0.15) is 0 Å². The fourth-order valence-corrected chi connectivity index (χ4v) is 1.37. The molecule has 0 amide bonds. The smallest absolute Gasteiger partial charge is 0.335 e. The Morgan fingerprint density at radius 1 is 1.18 bits per heavy atom. The summed E-state index contributed by atoms with van der Waals surface area (Å²) in [6, 6.07) is 0. The van der Waals surface area contributed by atoms with Gasteiger partial charge in [-0.25, -0.2) is 4.79 Å². The van der Waals surface area contributed by atoms with Crippen molar-refractivity contribution in [1.82, 2.24) is 0 Å². The molecule has 0 fully saturated rings. The van der Waals surface area contributed by atoms with Crippen LogP contribution in [0.15, 0.2) is 0 Å². The van der Waals surface area contributed by atoms with Crippen molar-refractivity contribution in [3.8, 4) is 0 Å². The number of carboxylic acid groups (broad SMARTS) is 1. The second-order valence-corrected chi connectivity index (χ2v) is 3.37. The third-order valence-electron chi connectivity index (χ3n) is 2.17. The summed E-state index contributed by atoms with van der Waals surface area (Å²) < 4.78 is 10.0. The highest BCUT2D eigenvalue weighted by atomic mass is 16.6. The minimum Gasteiger partial charge on any atom is -0.479 e. The zero-order valence-electron chi connectivity index (χ0n) is 9.94. The molecule has 0 rings (SSSR count). The molecule has 0 heterocycles. The summed E-state index contributed by atoms with van der Waals surface area (Å²) in [6.45, 7) is 2.81. The van der Waals surface area contributed by atoms with Crippen LogP contribution >= 0.6 is 0 Å². The Labute approximate surface area is 99.6 Å². The van der Waals surface area contributed by atoms with Gasteiger partial charge in [-0.05, 0) is 13.8 Å². The lowest BCUT2D eigenvalue weighted by Crippen LogP contribution is -2.51. The fraction of sp³-hybridized carbons (Fsp3) is 0.900. The topological polar surface area (TPSA) is 116 Å². The summed E-state index contributed by atoms with van der Waals surface area (Å²) in [4.78, 5) is 11.0. The predicted molar refractivity (Wildman–Crippen MR) is 57.6 cm³/mol. The molecule has 0 aromatic heterocycles. The first-order chi connectivity index (χ1) is 7.99. The molecule has 7 heteroatoms. The molecule has 0 saturated heterocycles. The summed E-state index contributed by atoms with van der Waals surface area (Å²) >= 11 is 0. The molecule has 17 heavy (non-hydrogen) atoms. The molecule has 4 N–H and O–H groups in total. The average molecular weight is 252 g/mol. The van der Waals surface area contributed by atoms with E-state index in [-0.39, 0.29) is 13.2 Å². The van der Waals surface area contributed by atoms with Crippen molar-refractivity contribution in [2.75, 3.05) is 19.8 Å². The van der Waals surface area contributed by atoms with Gasteiger partial charge < -0.3 is 29.9 Å². The third-order valence-corrected chi connectivity index (χ3v) is 2.17. The van der Waals surface area contributed by atoms with Gasteiger partial charge in [0.1, 0.15) is 18.3 Å². The van der Waals surface area contributed by atoms with E-state index in [9.17, 15) is 15.0 Å². The molecule has 0 aliphatic carbocycles. The first kappa shape index (κ1) is 16.3. The van der Waals surface area contributed by atoms with Crippen molar-refractivity contribution in [2.24, 2.45) is 0 Å². The summed E-state index contributed by atoms with van der Waals surface area (Å²) in [5.74, 6) is -1.30. The number of rotatable bonds is 9. The maximum absolute atomic E-state index is 11.0. The van der Waals surface area contributed by atoms with Gasteiger partial charge in [0.25, 0.3) is 0 Å². The lowest BCUT2D eigenvalue weighted by Gasteiger charge is -2.29. The monoisotopic (exact) mass is 252 g/mol. The molecule has 0 radical (unpaired) electrons. The molecular weight excluding hydrogens is 232 g/mol. The quantitative estimate of drug-likeness (QED) is 0.398. The number of aliphatic hydroxyl groups is 3. The molecule has 102 valence electrons. The van der Waals surface area contributed by atoms with Gasteiger partial charge in [-0.1, -0.05) is 0 Å². The standard InChI is InChI=1S/C10H20O7/c1-3-16-8(7(13)6(12)5-11)9(10(14)15)17-4-2/h6-9,11-13H,3-5H2,1-2H3,(H,14,15)/t6-,7-,8+,9-/m1/s1. The minimum atomic E-state index is -1.53. The molecule has 0 unspecified atom stereocenters. The first-order valence-corrected chi connectivity index (χ1v) is 5.42. The third kappa shape index (κ3) is 4.97. The number of aliphatic carboxylic acids is 1. The van der Waals surface area contributed by atoms with Gasteiger partial charge in [-0.15, -0.1) is 0 Å². The molecule has 0 saturated carbocycles. The van der Waals surface area contributed by atoms with E-state index in [0.717, 1.165) is 0 Å². The molecule has 4 atom stereocenters. The zero-order chi connectivity index (χ0) is 13.4. The van der Waals surface area contributed by atoms with Crippen LogP contribution in [0.2, 0.25) is 0 Å². The van der Waals surface area contributed by atoms with Crippen LogP contribution in [0.1, 0.15) is 13.8 Å². The van der Waals surface area contributed by atoms with Gasteiger partial charge in [-0.3, -0.25) is 0 Å². The van der Waals surface area contributed by atoms with Crippen LogP contribution in [0.4, 0.5) is 0 Å². The number of carboxylic acids is 1. The fourth-order valence-electron chi connectivity index (χ4n) is 1.37. The summed E-state index contributed by atoms with van der Waals surface area (Å²) in [7, 11) is 0. The van der Waals surface area contributed by atoms with Crippen molar-refractivity contribution >= 4 is 5.97 Å².